The molecule has 3 N–H and O–H groups in total. The largest absolute Gasteiger partial charge is 0.356 e. The number of carbonyl (C=O) groups excluding carboxylic acids is 2. The molecule has 0 bridgehead atoms. The zero-order chi connectivity index (χ0) is 25.4. The number of aromatic amines is 1. The molecule has 1 aliphatic rings. The summed E-state index contributed by atoms with van der Waals surface area (Å²) < 4.78 is 5.22. The summed E-state index contributed by atoms with van der Waals surface area (Å²) in [5, 5.41) is 24.8. The summed E-state index contributed by atoms with van der Waals surface area (Å²) in [4.78, 5) is 33.8. The summed E-state index contributed by atoms with van der Waals surface area (Å²) >= 11 is 0. The number of nitrogens with one attached hydrogen (secondary N) is 3. The molecule has 0 fully saturated rings. The van der Waals surface area contributed by atoms with E-state index in [1.54, 1.807) is 0 Å². The van der Waals surface area contributed by atoms with Gasteiger partial charge < -0.3 is 15.2 Å². The summed E-state index contributed by atoms with van der Waals surface area (Å²) in [6.45, 7) is 2.15. The van der Waals surface area contributed by atoms with E-state index >= 15 is 0 Å². The molecule has 0 unspecified atom stereocenters. The van der Waals surface area contributed by atoms with Crippen molar-refractivity contribution in [3.8, 4) is 11.4 Å². The van der Waals surface area contributed by atoms with Gasteiger partial charge in [0.05, 0.1) is 11.7 Å². The minimum absolute atomic E-state index is 0.110. The van der Waals surface area contributed by atoms with Crippen LogP contribution in [0.15, 0.2) is 53.3 Å². The Bertz CT molecular complexity index is 1630. The van der Waals surface area contributed by atoms with E-state index in [4.69, 9.17) is 4.52 Å². The van der Waals surface area contributed by atoms with Crippen LogP contribution < -0.4 is 10.6 Å². The van der Waals surface area contributed by atoms with Gasteiger partial charge >= 0.3 is 0 Å². The van der Waals surface area contributed by atoms with Gasteiger partial charge in [0.15, 0.2) is 5.58 Å². The Hall–Kier alpha value is -5.00. The van der Waals surface area contributed by atoms with E-state index in [9.17, 15) is 9.59 Å². The van der Waals surface area contributed by atoms with Gasteiger partial charge in [-0.15, -0.1) is 10.2 Å². The van der Waals surface area contributed by atoms with Gasteiger partial charge in [-0.1, -0.05) is 23.4 Å². The van der Waals surface area contributed by atoms with Gasteiger partial charge in [0.2, 0.25) is 5.82 Å². The zero-order valence-electron chi connectivity index (χ0n) is 19.7. The minimum atomic E-state index is -0.404. The highest BCUT2D eigenvalue weighted by Crippen LogP contribution is 2.33. The van der Waals surface area contributed by atoms with Crippen molar-refractivity contribution in [1.29, 1.82) is 0 Å². The number of rotatable bonds is 6. The molecule has 3 aromatic heterocycles. The van der Waals surface area contributed by atoms with Crippen LogP contribution in [0.1, 0.15) is 55.8 Å². The molecule has 0 saturated carbocycles. The molecule has 2 amide bonds. The fraction of sp³-hybridized carbons (Fsp3) is 0.200. The number of hydrogen-bond acceptors (Lipinski definition) is 9. The van der Waals surface area contributed by atoms with Crippen LogP contribution in [0, 0.1) is 6.92 Å². The number of hydrogen-bond donors (Lipinski definition) is 3. The van der Waals surface area contributed by atoms with E-state index in [2.05, 4.69) is 46.4 Å². The number of benzene rings is 2. The van der Waals surface area contributed by atoms with Crippen molar-refractivity contribution in [3.63, 3.8) is 0 Å². The number of fused-ring (bicyclic) bond motifs is 2. The SMILES string of the molecule is Cc1noc2ccc(CNC(=O)c3cc(C(=O)N[C@H]4CCc5cc(-c6nn[nH]n6)ccc54)ncn3)cc12. The molecule has 5 aromatic rings. The highest BCUT2D eigenvalue weighted by atomic mass is 16.5. The normalized spacial score (nSPS) is 14.5. The molecule has 0 radical (unpaired) electrons. The first-order chi connectivity index (χ1) is 18.0. The Balaban J connectivity index is 1.11. The Morgan fingerprint density at radius 1 is 1.08 bits per heavy atom. The molecule has 6 rings (SSSR count). The Morgan fingerprint density at radius 3 is 2.78 bits per heavy atom. The van der Waals surface area contributed by atoms with Crippen molar-refractivity contribution in [2.75, 3.05) is 0 Å². The van der Waals surface area contributed by atoms with Crippen LogP contribution in [0.4, 0.5) is 0 Å². The summed E-state index contributed by atoms with van der Waals surface area (Å²) in [7, 11) is 0. The second-order valence-electron chi connectivity index (χ2n) is 8.78. The van der Waals surface area contributed by atoms with Gasteiger partial charge in [-0.05, 0) is 59.9 Å². The van der Waals surface area contributed by atoms with Crippen molar-refractivity contribution in [1.82, 2.24) is 46.4 Å². The molecule has 0 spiro atoms. The van der Waals surface area contributed by atoms with E-state index < -0.39 is 5.91 Å². The maximum Gasteiger partial charge on any atom is 0.270 e. The fourth-order valence-electron chi connectivity index (χ4n) is 4.52. The Labute approximate surface area is 209 Å². The predicted molar refractivity (Wildman–Crippen MR) is 130 cm³/mol. The molecular formula is C25H21N9O3. The monoisotopic (exact) mass is 495 g/mol. The van der Waals surface area contributed by atoms with Crippen LogP contribution in [0.2, 0.25) is 0 Å². The molecule has 12 heteroatoms. The van der Waals surface area contributed by atoms with Crippen LogP contribution in [0.25, 0.3) is 22.4 Å². The van der Waals surface area contributed by atoms with Gasteiger partial charge in [-0.25, -0.2) is 9.97 Å². The average molecular weight is 496 g/mol. The predicted octanol–water partition coefficient (Wildman–Crippen LogP) is 2.45. The zero-order valence-corrected chi connectivity index (χ0v) is 19.7. The van der Waals surface area contributed by atoms with E-state index in [-0.39, 0.29) is 29.9 Å². The number of H-pyrrole nitrogens is 1. The number of amides is 2. The van der Waals surface area contributed by atoms with Crippen LogP contribution in [-0.2, 0) is 13.0 Å². The lowest BCUT2D eigenvalue weighted by Gasteiger charge is -2.14. The van der Waals surface area contributed by atoms with Gasteiger partial charge in [0, 0.05) is 23.6 Å². The molecular weight excluding hydrogens is 474 g/mol. The molecule has 37 heavy (non-hydrogen) atoms. The second kappa shape index (κ2) is 9.22. The highest BCUT2D eigenvalue weighted by Gasteiger charge is 2.26. The number of carbonyl (C=O) groups is 2. The highest BCUT2D eigenvalue weighted by molar-refractivity contribution is 5.97. The van der Waals surface area contributed by atoms with Gasteiger partial charge in [-0.3, -0.25) is 9.59 Å². The first-order valence-electron chi connectivity index (χ1n) is 11.7. The quantitative estimate of drug-likeness (QED) is 0.321. The molecule has 184 valence electrons. The van der Waals surface area contributed by atoms with Crippen LogP contribution >= 0.6 is 0 Å². The molecule has 0 saturated heterocycles. The van der Waals surface area contributed by atoms with E-state index in [0.717, 1.165) is 46.2 Å². The standard InChI is InChI=1S/C25H21N9O3/c1-13-18-8-14(2-7-22(18)37-32-13)11-26-24(35)20-10-21(28-12-27-20)25(36)29-19-6-4-15-9-16(3-5-17(15)19)23-30-33-34-31-23/h2-3,5,7-10,12,19H,4,6,11H2,1H3,(H,26,35)(H,29,36)(H,30,31,33,34)/t19-/m0/s1. The maximum atomic E-state index is 13.0. The molecule has 1 aliphatic carbocycles. The van der Waals surface area contributed by atoms with Gasteiger partial charge in [0.25, 0.3) is 11.8 Å². The summed E-state index contributed by atoms with van der Waals surface area (Å²) in [5.41, 5.74) is 5.62. The summed E-state index contributed by atoms with van der Waals surface area (Å²) in [6, 6.07) is 12.7. The first-order valence-corrected chi connectivity index (χ1v) is 11.7. The minimum Gasteiger partial charge on any atom is -0.356 e. The van der Waals surface area contributed by atoms with E-state index in [1.807, 2.05) is 43.3 Å². The Morgan fingerprint density at radius 2 is 1.95 bits per heavy atom. The van der Waals surface area contributed by atoms with Crippen LogP contribution in [-0.4, -0.2) is 47.6 Å². The topological polar surface area (TPSA) is 164 Å². The maximum absolute atomic E-state index is 13.0. The van der Waals surface area contributed by atoms with Crippen molar-refractivity contribution in [2.24, 2.45) is 0 Å². The molecule has 0 aliphatic heterocycles. The van der Waals surface area contributed by atoms with Crippen LogP contribution in [0.5, 0.6) is 0 Å². The lowest BCUT2D eigenvalue weighted by molar-refractivity contribution is 0.0931. The smallest absolute Gasteiger partial charge is 0.270 e. The van der Waals surface area contributed by atoms with Crippen LogP contribution in [0.3, 0.4) is 0 Å². The number of nitrogens with zero attached hydrogens (tertiary/aromatic N) is 6. The van der Waals surface area contributed by atoms with Gasteiger partial charge in [0.1, 0.15) is 17.7 Å². The molecule has 3 heterocycles. The number of tetrazole rings is 1. The van der Waals surface area contributed by atoms with Crippen molar-refractivity contribution in [3.05, 3.63) is 82.6 Å². The second-order valence-corrected chi connectivity index (χ2v) is 8.78. The lowest BCUT2D eigenvalue weighted by Crippen LogP contribution is -2.29. The van der Waals surface area contributed by atoms with Gasteiger partial charge in [-0.2, -0.15) is 5.21 Å². The first kappa shape index (κ1) is 22.5. The third-order valence-electron chi connectivity index (χ3n) is 6.43. The average Bonchev–Trinajstić information content (AvgIpc) is 3.68. The lowest BCUT2D eigenvalue weighted by atomic mass is 10.0. The molecule has 2 aromatic carbocycles. The van der Waals surface area contributed by atoms with Crippen molar-refractivity contribution < 1.29 is 14.1 Å². The molecule has 12 nitrogen and oxygen atoms in total. The fourth-order valence-corrected chi connectivity index (χ4v) is 4.52. The third-order valence-corrected chi connectivity index (χ3v) is 6.43. The summed E-state index contributed by atoms with van der Waals surface area (Å²) in [6.07, 6.45) is 2.78. The van der Waals surface area contributed by atoms with Crippen molar-refractivity contribution in [2.45, 2.75) is 32.4 Å². The van der Waals surface area contributed by atoms with E-state index in [0.29, 0.717) is 11.4 Å². The number of aromatic nitrogens is 7. The number of aryl methyl sites for hydroxylation is 2. The third kappa shape index (κ3) is 4.40. The summed E-state index contributed by atoms with van der Waals surface area (Å²) in [5.74, 6) is -0.250. The Kier molecular flexibility index (Phi) is 5.60. The van der Waals surface area contributed by atoms with E-state index in [1.165, 1.54) is 12.4 Å². The van der Waals surface area contributed by atoms with Crippen molar-refractivity contribution >= 4 is 22.8 Å². The molecule has 1 atom stereocenters.